The van der Waals surface area contributed by atoms with Crippen LogP contribution in [0.5, 0.6) is 0 Å². The van der Waals surface area contributed by atoms with Crippen LogP contribution in [-0.2, 0) is 6.42 Å². The van der Waals surface area contributed by atoms with Crippen molar-refractivity contribution in [2.75, 3.05) is 0 Å². The molecule has 0 fully saturated rings. The molecule has 0 saturated carbocycles. The maximum atomic E-state index is 6.03. The molecule has 0 saturated heterocycles. The first-order valence-corrected chi connectivity index (χ1v) is 5.95. The Morgan fingerprint density at radius 2 is 2.11 bits per heavy atom. The number of nitrogens with zero attached hydrogens (tertiary/aromatic N) is 3. The van der Waals surface area contributed by atoms with Crippen molar-refractivity contribution in [2.45, 2.75) is 12.5 Å². The maximum Gasteiger partial charge on any atom is 0.244 e. The van der Waals surface area contributed by atoms with Crippen LogP contribution in [0, 0.1) is 0 Å². The summed E-state index contributed by atoms with van der Waals surface area (Å²) in [5.74, 6) is 0.976. The Kier molecular flexibility index (Phi) is 3.07. The number of rotatable bonds is 4. The summed E-state index contributed by atoms with van der Waals surface area (Å²) < 4.78 is 5.21. The average Bonchev–Trinajstić information content (AvgIpc) is 3.10. The van der Waals surface area contributed by atoms with Crippen LogP contribution in [-0.4, -0.2) is 20.1 Å². The van der Waals surface area contributed by atoms with E-state index in [1.54, 1.807) is 12.5 Å². The number of hydrogen-bond donors (Lipinski definition) is 2. The molecule has 0 radical (unpaired) electrons. The fourth-order valence-electron chi connectivity index (χ4n) is 1.81. The van der Waals surface area contributed by atoms with Gasteiger partial charge in [0.1, 0.15) is 0 Å². The molecule has 0 aliphatic heterocycles. The number of imidazole rings is 1. The van der Waals surface area contributed by atoms with Gasteiger partial charge in [-0.25, -0.2) is 4.98 Å². The zero-order chi connectivity index (χ0) is 13.1. The number of benzene rings is 1. The van der Waals surface area contributed by atoms with E-state index < -0.39 is 0 Å². The molecule has 1 aromatic carbocycles. The van der Waals surface area contributed by atoms with Gasteiger partial charge in [0.15, 0.2) is 0 Å². The second-order valence-electron chi connectivity index (χ2n) is 4.21. The van der Waals surface area contributed by atoms with Crippen LogP contribution in [0.3, 0.4) is 0 Å². The van der Waals surface area contributed by atoms with Gasteiger partial charge in [-0.15, -0.1) is 0 Å². The van der Waals surface area contributed by atoms with E-state index in [2.05, 4.69) is 20.1 Å². The van der Waals surface area contributed by atoms with E-state index in [0.717, 1.165) is 11.3 Å². The van der Waals surface area contributed by atoms with Gasteiger partial charge in [0.05, 0.1) is 12.4 Å². The van der Waals surface area contributed by atoms with Crippen molar-refractivity contribution in [3.05, 3.63) is 54.4 Å². The lowest BCUT2D eigenvalue weighted by Gasteiger charge is -2.03. The zero-order valence-electron chi connectivity index (χ0n) is 10.2. The first kappa shape index (κ1) is 11.6. The van der Waals surface area contributed by atoms with Crippen LogP contribution < -0.4 is 5.73 Å². The molecule has 1 atom stereocenters. The van der Waals surface area contributed by atoms with E-state index in [-0.39, 0.29) is 6.04 Å². The molecule has 6 nitrogen and oxygen atoms in total. The third-order valence-corrected chi connectivity index (χ3v) is 2.79. The Hall–Kier alpha value is -2.47. The summed E-state index contributed by atoms with van der Waals surface area (Å²) in [5.41, 5.74) is 7.88. The highest BCUT2D eigenvalue weighted by Gasteiger charge is 2.16. The topological polar surface area (TPSA) is 93.6 Å². The Balaban J connectivity index is 1.78. The summed E-state index contributed by atoms with van der Waals surface area (Å²) >= 11 is 0. The van der Waals surface area contributed by atoms with Gasteiger partial charge < -0.3 is 15.2 Å². The van der Waals surface area contributed by atoms with Gasteiger partial charge >= 0.3 is 0 Å². The van der Waals surface area contributed by atoms with Crippen LogP contribution in [0.15, 0.2) is 47.4 Å². The standard InChI is InChI=1S/C13H13N5O/c14-11(6-10-7-15-8-16-10)13-17-12(18-19-13)9-4-2-1-3-5-9/h1-5,7-8,11H,6,14H2,(H,15,16)/t11-/m1/s1. The lowest BCUT2D eigenvalue weighted by Crippen LogP contribution is -2.13. The molecule has 0 aliphatic rings. The van der Waals surface area contributed by atoms with Crippen molar-refractivity contribution in [3.63, 3.8) is 0 Å². The predicted molar refractivity (Wildman–Crippen MR) is 69.0 cm³/mol. The average molecular weight is 255 g/mol. The van der Waals surface area contributed by atoms with Gasteiger partial charge in [0.25, 0.3) is 0 Å². The van der Waals surface area contributed by atoms with E-state index in [1.165, 1.54) is 0 Å². The summed E-state index contributed by atoms with van der Waals surface area (Å²) in [6.07, 6.45) is 3.93. The van der Waals surface area contributed by atoms with E-state index in [0.29, 0.717) is 18.1 Å². The molecule has 3 aromatic rings. The predicted octanol–water partition coefficient (Wildman–Crippen LogP) is 1.70. The summed E-state index contributed by atoms with van der Waals surface area (Å²) in [7, 11) is 0. The SMILES string of the molecule is N[C@H](Cc1cnc[nH]1)c1nc(-c2ccccc2)no1. The summed E-state index contributed by atoms with van der Waals surface area (Å²) in [4.78, 5) is 11.3. The highest BCUT2D eigenvalue weighted by atomic mass is 16.5. The highest BCUT2D eigenvalue weighted by molar-refractivity contribution is 5.53. The first-order valence-electron chi connectivity index (χ1n) is 5.95. The number of nitrogens with one attached hydrogen (secondary N) is 1. The van der Waals surface area contributed by atoms with E-state index in [4.69, 9.17) is 10.3 Å². The zero-order valence-corrected chi connectivity index (χ0v) is 10.2. The molecule has 19 heavy (non-hydrogen) atoms. The minimum absolute atomic E-state index is 0.342. The molecular weight excluding hydrogens is 242 g/mol. The van der Waals surface area contributed by atoms with Gasteiger partial charge in [-0.1, -0.05) is 35.5 Å². The van der Waals surface area contributed by atoms with E-state index >= 15 is 0 Å². The molecule has 0 aliphatic carbocycles. The third kappa shape index (κ3) is 2.53. The molecule has 3 N–H and O–H groups in total. The van der Waals surface area contributed by atoms with E-state index in [1.807, 2.05) is 30.3 Å². The van der Waals surface area contributed by atoms with Crippen LogP contribution >= 0.6 is 0 Å². The van der Waals surface area contributed by atoms with Gasteiger partial charge in [-0.05, 0) is 0 Å². The normalized spacial score (nSPS) is 12.5. The van der Waals surface area contributed by atoms with Crippen LogP contribution in [0.2, 0.25) is 0 Å². The minimum atomic E-state index is -0.342. The summed E-state index contributed by atoms with van der Waals surface area (Å²) in [5, 5.41) is 3.94. The minimum Gasteiger partial charge on any atom is -0.348 e. The number of hydrogen-bond acceptors (Lipinski definition) is 5. The molecule has 2 aromatic heterocycles. The van der Waals surface area contributed by atoms with Crippen LogP contribution in [0.1, 0.15) is 17.6 Å². The fraction of sp³-hybridized carbons (Fsp3) is 0.154. The molecule has 2 heterocycles. The molecule has 96 valence electrons. The van der Waals surface area contributed by atoms with Gasteiger partial charge in [-0.3, -0.25) is 0 Å². The monoisotopic (exact) mass is 255 g/mol. The second kappa shape index (κ2) is 5.03. The lowest BCUT2D eigenvalue weighted by molar-refractivity contribution is 0.354. The summed E-state index contributed by atoms with van der Waals surface area (Å²) in [6.45, 7) is 0. The Labute approximate surface area is 109 Å². The van der Waals surface area contributed by atoms with Crippen molar-refractivity contribution in [2.24, 2.45) is 5.73 Å². The maximum absolute atomic E-state index is 6.03. The van der Waals surface area contributed by atoms with Crippen molar-refractivity contribution in [1.82, 2.24) is 20.1 Å². The van der Waals surface area contributed by atoms with Gasteiger partial charge in [0.2, 0.25) is 11.7 Å². The van der Waals surface area contributed by atoms with Crippen molar-refractivity contribution in [1.29, 1.82) is 0 Å². The van der Waals surface area contributed by atoms with E-state index in [9.17, 15) is 0 Å². The van der Waals surface area contributed by atoms with Crippen LogP contribution in [0.25, 0.3) is 11.4 Å². The molecule has 6 heteroatoms. The Morgan fingerprint density at radius 3 is 2.84 bits per heavy atom. The molecule has 0 spiro atoms. The largest absolute Gasteiger partial charge is 0.348 e. The molecule has 0 unspecified atom stereocenters. The highest BCUT2D eigenvalue weighted by Crippen LogP contribution is 2.18. The van der Waals surface area contributed by atoms with Crippen LogP contribution in [0.4, 0.5) is 0 Å². The van der Waals surface area contributed by atoms with Crippen molar-refractivity contribution < 1.29 is 4.52 Å². The molecule has 3 rings (SSSR count). The number of nitrogens with two attached hydrogens (primary N) is 1. The number of aromatic amines is 1. The molecule has 0 amide bonds. The molecular formula is C13H13N5O. The Bertz CT molecular complexity index is 632. The number of aromatic nitrogens is 4. The van der Waals surface area contributed by atoms with Gasteiger partial charge in [0, 0.05) is 23.9 Å². The lowest BCUT2D eigenvalue weighted by atomic mass is 10.2. The van der Waals surface area contributed by atoms with Gasteiger partial charge in [-0.2, -0.15) is 4.98 Å². The second-order valence-corrected chi connectivity index (χ2v) is 4.21. The third-order valence-electron chi connectivity index (χ3n) is 2.79. The Morgan fingerprint density at radius 1 is 1.26 bits per heavy atom. The van der Waals surface area contributed by atoms with Crippen molar-refractivity contribution >= 4 is 0 Å². The van der Waals surface area contributed by atoms with Crippen molar-refractivity contribution in [3.8, 4) is 11.4 Å². The molecule has 0 bridgehead atoms. The quantitative estimate of drug-likeness (QED) is 0.740. The smallest absolute Gasteiger partial charge is 0.244 e. The first-order chi connectivity index (χ1) is 9.33. The fourth-order valence-corrected chi connectivity index (χ4v) is 1.81. The number of H-pyrrole nitrogens is 1. The summed E-state index contributed by atoms with van der Waals surface area (Å²) in [6, 6.07) is 9.30.